The number of nitrogens with zero attached hydrogens (tertiary/aromatic N) is 1. The minimum Gasteiger partial charge on any atom is -0.475 e. The second-order valence-electron chi connectivity index (χ2n) is 2.59. The molecule has 4 nitrogen and oxygen atoms in total. The average molecular weight is 212 g/mol. The van der Waals surface area contributed by atoms with Crippen LogP contribution in [0.25, 0.3) is 0 Å². The van der Waals surface area contributed by atoms with Gasteiger partial charge in [0, 0.05) is 24.9 Å². The van der Waals surface area contributed by atoms with Crippen LogP contribution < -0.4 is 10.5 Å². The lowest BCUT2D eigenvalue weighted by Gasteiger charge is -2.05. The van der Waals surface area contributed by atoms with Gasteiger partial charge in [0.1, 0.15) is 11.6 Å². The molecule has 0 unspecified atom stereocenters. The maximum absolute atomic E-state index is 5.46. The second kappa shape index (κ2) is 5.51. The maximum Gasteiger partial charge on any atom is 0.213 e. The monoisotopic (exact) mass is 212 g/mol. The van der Waals surface area contributed by atoms with Crippen LogP contribution in [0, 0.1) is 0 Å². The first-order valence-electron chi connectivity index (χ1n) is 4.11. The van der Waals surface area contributed by atoms with Crippen molar-refractivity contribution in [1.82, 2.24) is 4.98 Å². The van der Waals surface area contributed by atoms with Gasteiger partial charge in [-0.2, -0.15) is 0 Å². The molecule has 0 fully saturated rings. The summed E-state index contributed by atoms with van der Waals surface area (Å²) >= 11 is 4.83. The number of rotatable bonds is 5. The van der Waals surface area contributed by atoms with Crippen molar-refractivity contribution in [2.24, 2.45) is 5.73 Å². The number of hydrogen-bond donors (Lipinski definition) is 1. The minimum absolute atomic E-state index is 0.337. The quantitative estimate of drug-likeness (QED) is 0.576. The Morgan fingerprint density at radius 2 is 2.36 bits per heavy atom. The Kier molecular flexibility index (Phi) is 4.28. The van der Waals surface area contributed by atoms with E-state index < -0.39 is 0 Å². The van der Waals surface area contributed by atoms with Crippen molar-refractivity contribution in [3.63, 3.8) is 0 Å². The molecule has 76 valence electrons. The van der Waals surface area contributed by atoms with Crippen LogP contribution in [-0.2, 0) is 4.74 Å². The van der Waals surface area contributed by atoms with Gasteiger partial charge in [-0.1, -0.05) is 12.2 Å². The third-order valence-electron chi connectivity index (χ3n) is 1.56. The van der Waals surface area contributed by atoms with Gasteiger partial charge in [-0.3, -0.25) is 0 Å². The van der Waals surface area contributed by atoms with Gasteiger partial charge in [-0.05, 0) is 6.07 Å². The summed E-state index contributed by atoms with van der Waals surface area (Å²) in [4.78, 5) is 4.34. The Hall–Kier alpha value is -1.20. The van der Waals surface area contributed by atoms with Crippen molar-refractivity contribution in [3.05, 3.63) is 23.9 Å². The lowest BCUT2D eigenvalue weighted by molar-refractivity contribution is 0.143. The topological polar surface area (TPSA) is 57.4 Å². The van der Waals surface area contributed by atoms with Crippen molar-refractivity contribution in [2.75, 3.05) is 20.3 Å². The highest BCUT2D eigenvalue weighted by atomic mass is 32.1. The lowest BCUT2D eigenvalue weighted by Crippen LogP contribution is -2.10. The molecule has 0 spiro atoms. The Balaban J connectivity index is 2.59. The molecule has 1 aromatic heterocycles. The Bertz CT molecular complexity index is 317. The molecule has 1 heterocycles. The number of aromatic nitrogens is 1. The Labute approximate surface area is 88.0 Å². The summed E-state index contributed by atoms with van der Waals surface area (Å²) in [6.45, 7) is 0.989. The van der Waals surface area contributed by atoms with E-state index in [4.69, 9.17) is 27.4 Å². The average Bonchev–Trinajstić information content (AvgIpc) is 2.19. The fraction of sp³-hybridized carbons (Fsp3) is 0.333. The van der Waals surface area contributed by atoms with Gasteiger partial charge >= 0.3 is 0 Å². The van der Waals surface area contributed by atoms with E-state index >= 15 is 0 Å². The van der Waals surface area contributed by atoms with E-state index in [1.54, 1.807) is 25.4 Å². The molecule has 0 radical (unpaired) electrons. The summed E-state index contributed by atoms with van der Waals surface area (Å²) in [7, 11) is 1.61. The smallest absolute Gasteiger partial charge is 0.213 e. The van der Waals surface area contributed by atoms with Crippen LogP contribution in [0.4, 0.5) is 0 Å². The van der Waals surface area contributed by atoms with E-state index in [1.165, 1.54) is 0 Å². The molecule has 0 saturated heterocycles. The number of thiocarbonyl (C=S) groups is 1. The van der Waals surface area contributed by atoms with E-state index in [2.05, 4.69) is 4.98 Å². The first kappa shape index (κ1) is 10.9. The fourth-order valence-electron chi connectivity index (χ4n) is 0.871. The third kappa shape index (κ3) is 3.27. The van der Waals surface area contributed by atoms with Crippen LogP contribution >= 0.6 is 12.2 Å². The first-order chi connectivity index (χ1) is 6.74. The zero-order valence-electron chi connectivity index (χ0n) is 7.90. The number of ether oxygens (including phenoxy) is 2. The normalized spacial score (nSPS) is 9.79. The van der Waals surface area contributed by atoms with Gasteiger partial charge in [0.05, 0.1) is 6.61 Å². The summed E-state index contributed by atoms with van der Waals surface area (Å²) in [5.74, 6) is 0.507. The minimum atomic E-state index is 0.337. The van der Waals surface area contributed by atoms with Crippen molar-refractivity contribution in [3.8, 4) is 5.88 Å². The lowest BCUT2D eigenvalue weighted by atomic mass is 10.3. The Morgan fingerprint density at radius 3 is 3.00 bits per heavy atom. The van der Waals surface area contributed by atoms with Gasteiger partial charge in [0.25, 0.3) is 0 Å². The van der Waals surface area contributed by atoms with Crippen molar-refractivity contribution in [2.45, 2.75) is 0 Å². The zero-order valence-corrected chi connectivity index (χ0v) is 8.71. The molecule has 0 saturated carbocycles. The third-order valence-corrected chi connectivity index (χ3v) is 1.79. The molecule has 0 aliphatic rings. The summed E-state index contributed by atoms with van der Waals surface area (Å²) in [6.07, 6.45) is 1.61. The summed E-state index contributed by atoms with van der Waals surface area (Å²) in [6, 6.07) is 3.45. The molecule has 0 bridgehead atoms. The summed E-state index contributed by atoms with van der Waals surface area (Å²) in [5, 5.41) is 0. The number of nitrogens with two attached hydrogens (primary N) is 1. The molecular formula is C9H12N2O2S. The fourth-order valence-corrected chi connectivity index (χ4v) is 0.998. The van der Waals surface area contributed by atoms with E-state index in [-0.39, 0.29) is 0 Å². The van der Waals surface area contributed by atoms with Gasteiger partial charge in [-0.25, -0.2) is 4.98 Å². The first-order valence-corrected chi connectivity index (χ1v) is 4.52. The predicted molar refractivity (Wildman–Crippen MR) is 57.5 cm³/mol. The molecule has 14 heavy (non-hydrogen) atoms. The molecule has 0 aromatic carbocycles. The van der Waals surface area contributed by atoms with Crippen LogP contribution in [-0.4, -0.2) is 30.3 Å². The Morgan fingerprint density at radius 1 is 1.57 bits per heavy atom. The number of pyridine rings is 1. The summed E-state index contributed by atoms with van der Waals surface area (Å²) in [5.41, 5.74) is 6.21. The van der Waals surface area contributed by atoms with Crippen molar-refractivity contribution >= 4 is 17.2 Å². The van der Waals surface area contributed by atoms with Crippen molar-refractivity contribution in [1.29, 1.82) is 0 Å². The standard InChI is InChI=1S/C9H12N2O2S/c1-12-4-5-13-8-6-7(9(10)14)2-3-11-8/h2-3,6H,4-5H2,1H3,(H2,10,14). The highest BCUT2D eigenvalue weighted by molar-refractivity contribution is 7.80. The van der Waals surface area contributed by atoms with Gasteiger partial charge in [0.2, 0.25) is 5.88 Å². The van der Waals surface area contributed by atoms with E-state index in [1.807, 2.05) is 0 Å². The van der Waals surface area contributed by atoms with Gasteiger partial charge in [0.15, 0.2) is 0 Å². The zero-order chi connectivity index (χ0) is 10.4. The van der Waals surface area contributed by atoms with Crippen LogP contribution in [0.15, 0.2) is 18.3 Å². The maximum atomic E-state index is 5.46. The molecule has 0 atom stereocenters. The number of hydrogen-bond acceptors (Lipinski definition) is 4. The molecule has 1 rings (SSSR count). The van der Waals surface area contributed by atoms with Gasteiger partial charge < -0.3 is 15.2 Å². The summed E-state index contributed by atoms with van der Waals surface area (Å²) < 4.78 is 10.1. The molecular weight excluding hydrogens is 200 g/mol. The number of methoxy groups -OCH3 is 1. The highest BCUT2D eigenvalue weighted by Gasteiger charge is 1.99. The predicted octanol–water partition coefficient (Wildman–Crippen LogP) is 0.741. The van der Waals surface area contributed by atoms with E-state index in [9.17, 15) is 0 Å². The van der Waals surface area contributed by atoms with Crippen LogP contribution in [0.3, 0.4) is 0 Å². The highest BCUT2D eigenvalue weighted by Crippen LogP contribution is 2.08. The van der Waals surface area contributed by atoms with E-state index in [0.29, 0.717) is 24.1 Å². The van der Waals surface area contributed by atoms with E-state index in [0.717, 1.165) is 5.56 Å². The molecule has 5 heteroatoms. The molecule has 0 aliphatic carbocycles. The SMILES string of the molecule is COCCOc1cc(C(N)=S)ccn1. The van der Waals surface area contributed by atoms with Gasteiger partial charge in [-0.15, -0.1) is 0 Å². The molecule has 1 aromatic rings. The van der Waals surface area contributed by atoms with Crippen LogP contribution in [0.1, 0.15) is 5.56 Å². The molecule has 0 amide bonds. The second-order valence-corrected chi connectivity index (χ2v) is 3.03. The van der Waals surface area contributed by atoms with Crippen LogP contribution in [0.2, 0.25) is 0 Å². The van der Waals surface area contributed by atoms with Crippen LogP contribution in [0.5, 0.6) is 5.88 Å². The molecule has 2 N–H and O–H groups in total. The largest absolute Gasteiger partial charge is 0.475 e. The molecule has 0 aliphatic heterocycles. The van der Waals surface area contributed by atoms with Crippen molar-refractivity contribution < 1.29 is 9.47 Å².